The van der Waals surface area contributed by atoms with Gasteiger partial charge in [-0.1, -0.05) is 42.0 Å². The van der Waals surface area contributed by atoms with Crippen LogP contribution in [-0.4, -0.2) is 31.4 Å². The van der Waals surface area contributed by atoms with Gasteiger partial charge in [0.15, 0.2) is 0 Å². The van der Waals surface area contributed by atoms with Crippen molar-refractivity contribution in [3.63, 3.8) is 0 Å². The number of ether oxygens (including phenoxy) is 1. The fraction of sp³-hybridized carbons (Fsp3) is 0.111. The van der Waals surface area contributed by atoms with Crippen LogP contribution in [0.25, 0.3) is 22.4 Å². The average Bonchev–Trinajstić information content (AvgIpc) is 3.06. The van der Waals surface area contributed by atoms with Crippen LogP contribution in [0.5, 0.6) is 0 Å². The molecule has 0 aliphatic rings. The summed E-state index contributed by atoms with van der Waals surface area (Å²) in [5.41, 5.74) is 3.59. The first-order chi connectivity index (χ1) is 12.3. The van der Waals surface area contributed by atoms with Gasteiger partial charge >= 0.3 is 6.09 Å². The number of hydrogen-bond acceptors (Lipinski definition) is 5. The number of sulfonamides is 1. The van der Waals surface area contributed by atoms with Crippen molar-refractivity contribution in [2.24, 2.45) is 5.14 Å². The number of nitrogens with two attached hydrogens (primary N) is 1. The minimum absolute atomic E-state index is 0.00508. The van der Waals surface area contributed by atoms with Gasteiger partial charge in [0.1, 0.15) is 11.9 Å². The van der Waals surface area contributed by atoms with Gasteiger partial charge in [-0.2, -0.15) is 9.78 Å². The van der Waals surface area contributed by atoms with E-state index in [0.717, 1.165) is 15.8 Å². The minimum atomic E-state index is -3.79. The zero-order valence-corrected chi connectivity index (χ0v) is 14.9. The number of primary sulfonamides is 1. The molecule has 0 atom stereocenters. The molecule has 0 amide bonds. The van der Waals surface area contributed by atoms with Crippen LogP contribution < -0.4 is 5.14 Å². The van der Waals surface area contributed by atoms with Crippen molar-refractivity contribution in [2.75, 3.05) is 7.11 Å². The van der Waals surface area contributed by atoms with Gasteiger partial charge in [-0.25, -0.2) is 18.4 Å². The molecule has 8 heteroatoms. The Hall–Kier alpha value is -2.97. The van der Waals surface area contributed by atoms with Crippen LogP contribution in [0.3, 0.4) is 0 Å². The molecule has 1 radical (unpaired) electrons. The lowest BCUT2D eigenvalue weighted by Crippen LogP contribution is -2.12. The molecule has 2 N–H and O–H groups in total. The van der Waals surface area contributed by atoms with E-state index in [4.69, 9.17) is 9.88 Å². The second-order valence-electron chi connectivity index (χ2n) is 5.65. The molecule has 0 fully saturated rings. The summed E-state index contributed by atoms with van der Waals surface area (Å²) in [6.45, 7) is 1.97. The predicted molar refractivity (Wildman–Crippen MR) is 95.8 cm³/mol. The van der Waals surface area contributed by atoms with Gasteiger partial charge in [0.25, 0.3) is 0 Å². The summed E-state index contributed by atoms with van der Waals surface area (Å²) < 4.78 is 28.5. The van der Waals surface area contributed by atoms with E-state index in [1.165, 1.54) is 19.2 Å². The molecule has 0 bridgehead atoms. The maximum Gasteiger partial charge on any atom is 0.435 e. The van der Waals surface area contributed by atoms with Gasteiger partial charge in [-0.05, 0) is 24.6 Å². The van der Waals surface area contributed by atoms with Crippen molar-refractivity contribution < 1.29 is 17.9 Å². The van der Waals surface area contributed by atoms with Crippen LogP contribution in [0.1, 0.15) is 5.56 Å². The zero-order chi connectivity index (χ0) is 18.9. The van der Waals surface area contributed by atoms with E-state index in [0.29, 0.717) is 16.8 Å². The van der Waals surface area contributed by atoms with Crippen molar-refractivity contribution in [1.82, 2.24) is 9.78 Å². The number of nitrogens with zero attached hydrogens (tertiary/aromatic N) is 2. The molecule has 0 spiro atoms. The molecule has 0 saturated heterocycles. The molecule has 0 saturated carbocycles. The Morgan fingerprint density at radius 3 is 2.19 bits per heavy atom. The van der Waals surface area contributed by atoms with E-state index < -0.39 is 16.1 Å². The largest absolute Gasteiger partial charge is 0.451 e. The molecule has 0 aliphatic heterocycles. The monoisotopic (exact) mass is 370 g/mol. The number of rotatable bonds is 3. The number of benzene rings is 2. The smallest absolute Gasteiger partial charge is 0.435 e. The Morgan fingerprint density at radius 2 is 1.65 bits per heavy atom. The van der Waals surface area contributed by atoms with Gasteiger partial charge in [-0.15, -0.1) is 0 Å². The summed E-state index contributed by atoms with van der Waals surface area (Å²) in [5.74, 6) is 0. The number of methoxy groups -OCH3 is 1. The SMILES string of the molecule is COC(=O)n1[c]c(-c2ccc(C)cc2)c(-c2ccc(S(N)(=O)=O)cc2)n1. The van der Waals surface area contributed by atoms with Crippen molar-refractivity contribution in [3.05, 3.63) is 60.3 Å². The normalized spacial score (nSPS) is 11.3. The van der Waals surface area contributed by atoms with Crippen molar-refractivity contribution in [3.8, 4) is 22.4 Å². The third-order valence-electron chi connectivity index (χ3n) is 3.80. The topological polar surface area (TPSA) is 104 Å². The van der Waals surface area contributed by atoms with E-state index in [1.54, 1.807) is 12.1 Å². The number of hydrogen-bond donors (Lipinski definition) is 1. The first-order valence-corrected chi connectivity index (χ1v) is 9.15. The van der Waals surface area contributed by atoms with Gasteiger partial charge in [-0.3, -0.25) is 0 Å². The summed E-state index contributed by atoms with van der Waals surface area (Å²) in [6.07, 6.45) is 2.22. The van der Waals surface area contributed by atoms with E-state index in [9.17, 15) is 13.2 Å². The highest BCUT2D eigenvalue weighted by Gasteiger charge is 2.18. The zero-order valence-electron chi connectivity index (χ0n) is 14.1. The summed E-state index contributed by atoms with van der Waals surface area (Å²) in [5, 5.41) is 9.38. The highest BCUT2D eigenvalue weighted by molar-refractivity contribution is 7.89. The lowest BCUT2D eigenvalue weighted by atomic mass is 10.0. The fourth-order valence-corrected chi connectivity index (χ4v) is 2.95. The second-order valence-corrected chi connectivity index (χ2v) is 7.21. The van der Waals surface area contributed by atoms with Crippen LogP contribution in [0.2, 0.25) is 0 Å². The number of aromatic nitrogens is 2. The molecule has 133 valence electrons. The van der Waals surface area contributed by atoms with Crippen LogP contribution in [-0.2, 0) is 14.8 Å². The third kappa shape index (κ3) is 3.51. The van der Waals surface area contributed by atoms with Gasteiger partial charge < -0.3 is 4.74 Å². The lowest BCUT2D eigenvalue weighted by Gasteiger charge is -2.04. The van der Waals surface area contributed by atoms with Crippen molar-refractivity contribution >= 4 is 16.1 Å². The first kappa shape index (κ1) is 17.8. The van der Waals surface area contributed by atoms with Gasteiger partial charge in [0.2, 0.25) is 10.0 Å². The molecular weight excluding hydrogens is 354 g/mol. The molecule has 7 nitrogen and oxygen atoms in total. The highest BCUT2D eigenvalue weighted by atomic mass is 32.2. The second kappa shape index (κ2) is 6.74. The van der Waals surface area contributed by atoms with Gasteiger partial charge in [0.05, 0.1) is 12.0 Å². The van der Waals surface area contributed by atoms with Crippen LogP contribution in [0, 0.1) is 13.1 Å². The van der Waals surface area contributed by atoms with Crippen molar-refractivity contribution in [2.45, 2.75) is 11.8 Å². The molecule has 3 rings (SSSR count). The molecule has 26 heavy (non-hydrogen) atoms. The van der Waals surface area contributed by atoms with Crippen LogP contribution in [0.15, 0.2) is 53.4 Å². The minimum Gasteiger partial charge on any atom is -0.451 e. The predicted octanol–water partition coefficient (Wildman–Crippen LogP) is 2.59. The Balaban J connectivity index is 2.14. The summed E-state index contributed by atoms with van der Waals surface area (Å²) >= 11 is 0. The standard InChI is InChI=1S/C18H16N3O4S/c1-12-3-5-13(6-4-12)16-11-21(18(22)25-2)20-17(16)14-7-9-15(10-8-14)26(19,23)24/h3-10H,1-2H3,(H2,19,23,24). The lowest BCUT2D eigenvalue weighted by molar-refractivity contribution is 0.169. The van der Waals surface area contributed by atoms with Crippen LogP contribution in [0.4, 0.5) is 4.79 Å². The Labute approximate surface area is 151 Å². The number of aryl methyl sites for hydroxylation is 1. The molecular formula is C18H16N3O4S. The number of carbonyl (C=O) groups is 1. The third-order valence-corrected chi connectivity index (χ3v) is 4.73. The first-order valence-electron chi connectivity index (χ1n) is 7.60. The Kier molecular flexibility index (Phi) is 4.62. The van der Waals surface area contributed by atoms with Crippen LogP contribution >= 0.6 is 0 Å². The molecule has 1 heterocycles. The molecule has 1 aromatic heterocycles. The maximum atomic E-state index is 11.8. The average molecular weight is 370 g/mol. The molecule has 0 aliphatic carbocycles. The Bertz CT molecular complexity index is 1050. The molecule has 3 aromatic rings. The maximum absolute atomic E-state index is 11.8. The molecule has 0 unspecified atom stereocenters. The summed E-state index contributed by atoms with van der Waals surface area (Å²) in [7, 11) is -2.53. The summed E-state index contributed by atoms with van der Waals surface area (Å²) in [4.78, 5) is 11.8. The van der Waals surface area contributed by atoms with E-state index >= 15 is 0 Å². The van der Waals surface area contributed by atoms with Gasteiger partial charge in [0, 0.05) is 11.1 Å². The highest BCUT2D eigenvalue weighted by Crippen LogP contribution is 2.31. The van der Waals surface area contributed by atoms with E-state index in [-0.39, 0.29) is 4.90 Å². The van der Waals surface area contributed by atoms with Crippen molar-refractivity contribution in [1.29, 1.82) is 0 Å². The fourth-order valence-electron chi connectivity index (χ4n) is 2.43. The van der Waals surface area contributed by atoms with E-state index in [2.05, 4.69) is 11.3 Å². The quantitative estimate of drug-likeness (QED) is 0.763. The number of carbonyl (C=O) groups excluding carboxylic acids is 1. The molecule has 2 aromatic carbocycles. The Morgan fingerprint density at radius 1 is 1.08 bits per heavy atom. The van der Waals surface area contributed by atoms with E-state index in [1.807, 2.05) is 31.2 Å². The summed E-state index contributed by atoms with van der Waals surface area (Å²) in [6, 6.07) is 13.6.